The lowest BCUT2D eigenvalue weighted by atomic mass is 9.91. The van der Waals surface area contributed by atoms with Gasteiger partial charge in [-0.1, -0.05) is 61.0 Å². The Morgan fingerprint density at radius 2 is 1.69 bits per heavy atom. The van der Waals surface area contributed by atoms with Crippen LogP contribution in [-0.4, -0.2) is 41.6 Å². The second kappa shape index (κ2) is 9.57. The summed E-state index contributed by atoms with van der Waals surface area (Å²) in [5.74, 6) is 1.13. The molecule has 2 saturated heterocycles. The number of aryl methyl sites for hydroxylation is 1. The van der Waals surface area contributed by atoms with Gasteiger partial charge in [0.25, 0.3) is 0 Å². The summed E-state index contributed by atoms with van der Waals surface area (Å²) in [6, 6.07) is 20.4. The van der Waals surface area contributed by atoms with Crippen LogP contribution in [-0.2, 0) is 11.2 Å². The van der Waals surface area contributed by atoms with Crippen LogP contribution in [0.3, 0.4) is 0 Å². The van der Waals surface area contributed by atoms with Crippen molar-refractivity contribution in [3.8, 4) is 0 Å². The van der Waals surface area contributed by atoms with Gasteiger partial charge in [0.15, 0.2) is 0 Å². The van der Waals surface area contributed by atoms with E-state index < -0.39 is 0 Å². The predicted octanol–water partition coefficient (Wildman–Crippen LogP) is 5.36. The number of rotatable bonds is 9. The van der Waals surface area contributed by atoms with Crippen LogP contribution in [0.2, 0.25) is 0 Å². The van der Waals surface area contributed by atoms with Gasteiger partial charge in [-0.2, -0.15) is 11.8 Å². The molecule has 6 rings (SSSR count). The normalized spacial score (nSPS) is 21.5. The van der Waals surface area contributed by atoms with Crippen LogP contribution in [0.4, 0.5) is 4.79 Å². The lowest BCUT2D eigenvalue weighted by molar-refractivity contribution is -0.121. The average Bonchev–Trinajstić information content (AvgIpc) is 3.42. The third kappa shape index (κ3) is 4.40. The molecule has 35 heavy (non-hydrogen) atoms. The fourth-order valence-electron chi connectivity index (χ4n) is 5.88. The van der Waals surface area contributed by atoms with Gasteiger partial charge < -0.3 is 16.0 Å². The van der Waals surface area contributed by atoms with Crippen molar-refractivity contribution in [3.05, 3.63) is 60.2 Å². The van der Waals surface area contributed by atoms with E-state index in [0.717, 1.165) is 37.9 Å². The summed E-state index contributed by atoms with van der Waals surface area (Å²) >= 11 is 1.93. The van der Waals surface area contributed by atoms with Crippen molar-refractivity contribution in [1.29, 1.82) is 0 Å². The first-order valence-electron chi connectivity index (χ1n) is 12.8. The molecular formula is C29H31N3O2S. The van der Waals surface area contributed by atoms with Crippen molar-refractivity contribution in [2.24, 2.45) is 0 Å². The molecule has 3 atom stereocenters. The van der Waals surface area contributed by atoms with Gasteiger partial charge >= 0.3 is 6.03 Å². The third-order valence-electron chi connectivity index (χ3n) is 7.64. The second-order valence-electron chi connectivity index (χ2n) is 9.90. The minimum atomic E-state index is -0.0354. The Morgan fingerprint density at radius 3 is 2.54 bits per heavy atom. The van der Waals surface area contributed by atoms with E-state index in [4.69, 9.17) is 0 Å². The third-order valence-corrected chi connectivity index (χ3v) is 9.15. The minimum absolute atomic E-state index is 0.0354. The zero-order chi connectivity index (χ0) is 23.8. The molecule has 180 valence electrons. The number of benzene rings is 4. The fraction of sp³-hybridized carbons (Fsp3) is 0.379. The van der Waals surface area contributed by atoms with Gasteiger partial charge in [0.2, 0.25) is 5.91 Å². The number of hydrogen-bond acceptors (Lipinski definition) is 3. The first-order chi connectivity index (χ1) is 17.2. The Balaban J connectivity index is 0.976. The summed E-state index contributed by atoms with van der Waals surface area (Å²) < 4.78 is 0. The monoisotopic (exact) mass is 485 g/mol. The van der Waals surface area contributed by atoms with Gasteiger partial charge in [0.1, 0.15) is 0 Å². The van der Waals surface area contributed by atoms with Crippen LogP contribution in [0.25, 0.3) is 32.3 Å². The molecule has 2 heterocycles. The Morgan fingerprint density at radius 1 is 0.914 bits per heavy atom. The molecule has 2 fully saturated rings. The number of urea groups is 1. The molecule has 2 aliphatic rings. The zero-order valence-corrected chi connectivity index (χ0v) is 20.6. The van der Waals surface area contributed by atoms with E-state index in [1.54, 1.807) is 0 Å². The van der Waals surface area contributed by atoms with E-state index in [9.17, 15) is 9.59 Å². The number of carbonyl (C=O) groups is 2. The second-order valence-corrected chi connectivity index (χ2v) is 11.2. The molecule has 4 aromatic carbocycles. The topological polar surface area (TPSA) is 70.2 Å². The molecule has 3 amide bonds. The molecule has 6 heteroatoms. The number of nitrogens with one attached hydrogen (secondary N) is 3. The number of fused-ring (bicyclic) bond motifs is 1. The van der Waals surface area contributed by atoms with Crippen LogP contribution in [0, 0.1) is 0 Å². The maximum atomic E-state index is 12.3. The molecule has 0 bridgehead atoms. The zero-order valence-electron chi connectivity index (χ0n) is 19.8. The van der Waals surface area contributed by atoms with Crippen LogP contribution < -0.4 is 16.0 Å². The van der Waals surface area contributed by atoms with Gasteiger partial charge in [0, 0.05) is 24.0 Å². The van der Waals surface area contributed by atoms with Crippen molar-refractivity contribution in [2.75, 3.05) is 12.3 Å². The molecule has 0 aliphatic carbocycles. The highest BCUT2D eigenvalue weighted by atomic mass is 32.2. The maximum absolute atomic E-state index is 12.3. The average molecular weight is 486 g/mol. The molecule has 4 aromatic rings. The fourth-order valence-corrected chi connectivity index (χ4v) is 7.43. The number of unbranched alkanes of at least 4 members (excludes halogenated alkanes) is 1. The van der Waals surface area contributed by atoms with Gasteiger partial charge in [-0.25, -0.2) is 4.79 Å². The Hall–Kier alpha value is -2.99. The molecule has 2 aliphatic heterocycles. The van der Waals surface area contributed by atoms with Gasteiger partial charge in [0.05, 0.1) is 12.1 Å². The molecule has 0 radical (unpaired) electrons. The van der Waals surface area contributed by atoms with Crippen molar-refractivity contribution in [2.45, 2.75) is 55.9 Å². The number of hydrogen-bond donors (Lipinski definition) is 3. The van der Waals surface area contributed by atoms with E-state index in [0.29, 0.717) is 18.2 Å². The summed E-state index contributed by atoms with van der Waals surface area (Å²) in [6.45, 7) is 0.709. The maximum Gasteiger partial charge on any atom is 0.315 e. The largest absolute Gasteiger partial charge is 0.356 e. The van der Waals surface area contributed by atoms with E-state index in [-0.39, 0.29) is 24.0 Å². The predicted molar refractivity (Wildman–Crippen MR) is 145 cm³/mol. The van der Waals surface area contributed by atoms with Crippen LogP contribution >= 0.6 is 11.8 Å². The van der Waals surface area contributed by atoms with Gasteiger partial charge in [-0.15, -0.1) is 0 Å². The lowest BCUT2D eigenvalue weighted by Gasteiger charge is -2.16. The minimum Gasteiger partial charge on any atom is -0.356 e. The van der Waals surface area contributed by atoms with Gasteiger partial charge in [-0.3, -0.25) is 4.79 Å². The Bertz CT molecular complexity index is 1370. The highest BCUT2D eigenvalue weighted by molar-refractivity contribution is 8.00. The van der Waals surface area contributed by atoms with Gasteiger partial charge in [-0.05, 0) is 63.6 Å². The van der Waals surface area contributed by atoms with E-state index >= 15 is 0 Å². The Kier molecular flexibility index (Phi) is 6.15. The quantitative estimate of drug-likeness (QED) is 0.170. The summed E-state index contributed by atoms with van der Waals surface area (Å²) in [6.07, 6.45) is 5.44. The first kappa shape index (κ1) is 22.5. The highest BCUT2D eigenvalue weighted by Crippen LogP contribution is 2.36. The lowest BCUT2D eigenvalue weighted by Crippen LogP contribution is -2.36. The Labute approximate surface area is 209 Å². The van der Waals surface area contributed by atoms with E-state index in [1.807, 2.05) is 11.8 Å². The molecular weight excluding hydrogens is 454 g/mol. The van der Waals surface area contributed by atoms with Crippen molar-refractivity contribution in [1.82, 2.24) is 16.0 Å². The number of thioether (sulfide) groups is 1. The summed E-state index contributed by atoms with van der Waals surface area (Å²) in [5.41, 5.74) is 1.35. The summed E-state index contributed by atoms with van der Waals surface area (Å²) in [4.78, 5) is 23.8. The molecule has 0 aromatic heterocycles. The molecule has 0 saturated carbocycles. The smallest absolute Gasteiger partial charge is 0.315 e. The standard InChI is InChI=1S/C29H31N3O2S/c33-25(9-2-1-8-24-28-23(17-35-24)31-29(34)32-28)30-16-4-7-18-10-11-21-13-12-19-5-3-6-20-14-15-22(18)27(21)26(19)20/h3,5-6,10-15,23-24,28H,1-2,4,7-9,16-17H2,(H,30,33)(H2,31,32,34)/t23-,24-,28-/m0/s1. The van der Waals surface area contributed by atoms with Crippen LogP contribution in [0.1, 0.15) is 37.7 Å². The number of carbonyl (C=O) groups excluding carboxylic acids is 2. The summed E-state index contributed by atoms with van der Waals surface area (Å²) in [5, 5.41) is 17.5. The van der Waals surface area contributed by atoms with Crippen molar-refractivity contribution >= 4 is 56.0 Å². The van der Waals surface area contributed by atoms with Crippen LogP contribution in [0.15, 0.2) is 54.6 Å². The van der Waals surface area contributed by atoms with Crippen molar-refractivity contribution in [3.63, 3.8) is 0 Å². The molecule has 5 nitrogen and oxygen atoms in total. The highest BCUT2D eigenvalue weighted by Gasteiger charge is 2.42. The van der Waals surface area contributed by atoms with E-state index in [1.165, 1.54) is 37.9 Å². The molecule has 0 unspecified atom stereocenters. The first-order valence-corrected chi connectivity index (χ1v) is 13.8. The van der Waals surface area contributed by atoms with Crippen molar-refractivity contribution < 1.29 is 9.59 Å². The van der Waals surface area contributed by atoms with Crippen LogP contribution in [0.5, 0.6) is 0 Å². The molecule has 0 spiro atoms. The van der Waals surface area contributed by atoms with E-state index in [2.05, 4.69) is 70.5 Å². The number of amides is 3. The summed E-state index contributed by atoms with van der Waals surface area (Å²) in [7, 11) is 0. The molecule has 3 N–H and O–H groups in total. The SMILES string of the molecule is O=C(CCCC[C@@H]1SC[C@@H]2NC(=O)N[C@@H]21)NCCCc1ccc2ccc3cccc4ccc1c2c34.